The van der Waals surface area contributed by atoms with Crippen molar-refractivity contribution < 1.29 is 40.8 Å². The largest absolute Gasteiger partial charge is 0.462 e. The van der Waals surface area contributed by atoms with Crippen LogP contribution in [0.3, 0.4) is 0 Å². The number of carbonyl (C=O) groups excluding carboxylic acids is 2. The summed E-state index contributed by atoms with van der Waals surface area (Å²) >= 11 is 0. The number of ether oxygens (including phenoxy) is 2. The first kappa shape index (κ1) is 18.4. The van der Waals surface area contributed by atoms with Crippen molar-refractivity contribution in [2.24, 2.45) is 0 Å². The highest BCUT2D eigenvalue weighted by molar-refractivity contribution is 7.86. The van der Waals surface area contributed by atoms with Crippen molar-refractivity contribution in [1.82, 2.24) is 0 Å². The van der Waals surface area contributed by atoms with E-state index in [1.54, 1.807) is 0 Å². The van der Waals surface area contributed by atoms with Crippen LogP contribution in [0.5, 0.6) is 0 Å². The van der Waals surface area contributed by atoms with Crippen LogP contribution in [0.1, 0.15) is 20.3 Å². The summed E-state index contributed by atoms with van der Waals surface area (Å²) in [6, 6.07) is 0. The number of carbonyl (C=O) groups is 2. The van der Waals surface area contributed by atoms with Gasteiger partial charge in [-0.3, -0.25) is 9.35 Å². The van der Waals surface area contributed by atoms with Crippen LogP contribution in [-0.2, 0) is 29.2 Å². The van der Waals surface area contributed by atoms with Gasteiger partial charge in [0.15, 0.2) is 6.10 Å². The molecule has 0 aromatic heterocycles. The third-order valence-corrected chi connectivity index (χ3v) is 3.03. The first-order chi connectivity index (χ1) is 8.89. The predicted octanol–water partition coefficient (Wildman–Crippen LogP) is 0.908. The fourth-order valence-corrected chi connectivity index (χ4v) is 1.35. The van der Waals surface area contributed by atoms with Gasteiger partial charge in [-0.15, -0.1) is 0 Å². The topological polar surface area (TPSA) is 107 Å². The van der Waals surface area contributed by atoms with E-state index in [4.69, 9.17) is 4.55 Å². The molecule has 0 spiro atoms. The highest BCUT2D eigenvalue weighted by atomic mass is 32.2. The summed E-state index contributed by atoms with van der Waals surface area (Å²) in [4.78, 5) is 22.1. The van der Waals surface area contributed by atoms with E-state index < -0.39 is 46.4 Å². The lowest BCUT2D eigenvalue weighted by Crippen LogP contribution is -2.42. The molecule has 0 aliphatic heterocycles. The van der Waals surface area contributed by atoms with Gasteiger partial charge in [0.25, 0.3) is 0 Å². The molecule has 0 aliphatic rings. The number of hydrogen-bond acceptors (Lipinski definition) is 6. The van der Waals surface area contributed by atoms with Gasteiger partial charge in [-0.1, -0.05) is 6.58 Å². The molecule has 0 aromatic carbocycles. The Kier molecular flexibility index (Phi) is 6.23. The Morgan fingerprint density at radius 3 is 2.30 bits per heavy atom. The summed E-state index contributed by atoms with van der Waals surface area (Å²) in [6.07, 6.45) is -2.94. The van der Waals surface area contributed by atoms with Gasteiger partial charge in [0, 0.05) is 5.57 Å². The molecule has 1 N–H and O–H groups in total. The summed E-state index contributed by atoms with van der Waals surface area (Å²) < 4.78 is 63.8. The van der Waals surface area contributed by atoms with Crippen LogP contribution >= 0.6 is 0 Å². The molecular weight excluding hydrogens is 302 g/mol. The minimum Gasteiger partial charge on any atom is -0.462 e. The second-order valence-corrected chi connectivity index (χ2v) is 5.33. The van der Waals surface area contributed by atoms with Crippen LogP contribution in [0.25, 0.3) is 0 Å². The Hall–Kier alpha value is -1.55. The molecule has 0 heterocycles. The van der Waals surface area contributed by atoms with Crippen LogP contribution in [0.4, 0.5) is 8.78 Å². The minimum atomic E-state index is -5.70. The zero-order chi connectivity index (χ0) is 16.1. The zero-order valence-corrected chi connectivity index (χ0v) is 11.6. The van der Waals surface area contributed by atoms with Gasteiger partial charge >= 0.3 is 27.3 Å². The molecule has 0 amide bonds. The van der Waals surface area contributed by atoms with Crippen molar-refractivity contribution in [2.75, 3.05) is 6.61 Å². The van der Waals surface area contributed by atoms with Gasteiger partial charge < -0.3 is 9.47 Å². The molecule has 1 unspecified atom stereocenters. The van der Waals surface area contributed by atoms with E-state index in [-0.39, 0.29) is 5.57 Å². The molecule has 0 aliphatic carbocycles. The zero-order valence-electron chi connectivity index (χ0n) is 10.8. The van der Waals surface area contributed by atoms with E-state index in [1.165, 1.54) is 6.92 Å². The number of rotatable bonds is 7. The maximum Gasteiger partial charge on any atom is 0.405 e. The maximum absolute atomic E-state index is 13.0. The molecule has 1 atom stereocenters. The Labute approximate surface area is 114 Å². The summed E-state index contributed by atoms with van der Waals surface area (Å²) in [5.74, 6) is -1.98. The fraction of sp³-hybridized carbons (Fsp3) is 0.600. The van der Waals surface area contributed by atoms with Gasteiger partial charge in [-0.25, -0.2) is 4.79 Å². The van der Waals surface area contributed by atoms with Gasteiger partial charge in [-0.05, 0) is 13.8 Å². The Balaban J connectivity index is 4.36. The fourth-order valence-electron chi connectivity index (χ4n) is 0.885. The van der Waals surface area contributed by atoms with Gasteiger partial charge in [-0.2, -0.15) is 17.2 Å². The van der Waals surface area contributed by atoms with Crippen molar-refractivity contribution in [2.45, 2.75) is 31.6 Å². The first-order valence-electron chi connectivity index (χ1n) is 5.26. The third-order valence-electron chi connectivity index (χ3n) is 2.01. The minimum absolute atomic E-state index is 0.0876. The lowest BCUT2D eigenvalue weighted by Gasteiger charge is -2.20. The van der Waals surface area contributed by atoms with Crippen molar-refractivity contribution in [3.05, 3.63) is 12.2 Å². The molecule has 20 heavy (non-hydrogen) atoms. The Morgan fingerprint density at radius 1 is 1.40 bits per heavy atom. The van der Waals surface area contributed by atoms with Gasteiger partial charge in [0.2, 0.25) is 0 Å². The van der Waals surface area contributed by atoms with Crippen LogP contribution < -0.4 is 0 Å². The lowest BCUT2D eigenvalue weighted by molar-refractivity contribution is -0.161. The SMILES string of the molecule is C=C(C)C(=O)OCCC(=O)OC(C)C(F)(F)S(=O)(=O)O. The van der Waals surface area contributed by atoms with Gasteiger partial charge in [0.05, 0.1) is 6.42 Å². The number of alkyl halides is 2. The maximum atomic E-state index is 13.0. The summed E-state index contributed by atoms with van der Waals surface area (Å²) in [5, 5.41) is -4.63. The standard InChI is InChI=1S/C10H14F2O7S/c1-6(2)9(14)18-5-4-8(13)19-7(3)10(11,12)20(15,16)17/h7H,1,4-5H2,2-3H3,(H,15,16,17). The van der Waals surface area contributed by atoms with E-state index in [0.29, 0.717) is 6.92 Å². The first-order valence-corrected chi connectivity index (χ1v) is 6.70. The monoisotopic (exact) mass is 316 g/mol. The van der Waals surface area contributed by atoms with Crippen molar-refractivity contribution in [3.8, 4) is 0 Å². The third kappa shape index (κ3) is 5.21. The summed E-state index contributed by atoms with van der Waals surface area (Å²) in [5.41, 5.74) is 0.0876. The highest BCUT2D eigenvalue weighted by Crippen LogP contribution is 2.27. The van der Waals surface area contributed by atoms with E-state index >= 15 is 0 Å². The molecule has 0 saturated carbocycles. The van der Waals surface area contributed by atoms with E-state index in [1.807, 2.05) is 0 Å². The molecular formula is C10H14F2O7S. The van der Waals surface area contributed by atoms with E-state index in [2.05, 4.69) is 16.1 Å². The summed E-state index contributed by atoms with van der Waals surface area (Å²) in [6.45, 7) is 4.81. The predicted molar refractivity (Wildman–Crippen MR) is 62.4 cm³/mol. The van der Waals surface area contributed by atoms with Crippen LogP contribution in [0, 0.1) is 0 Å². The second kappa shape index (κ2) is 6.75. The summed E-state index contributed by atoms with van der Waals surface area (Å²) in [7, 11) is -5.70. The van der Waals surface area contributed by atoms with E-state index in [9.17, 15) is 26.8 Å². The van der Waals surface area contributed by atoms with Crippen molar-refractivity contribution in [1.29, 1.82) is 0 Å². The number of hydrogen-bond donors (Lipinski definition) is 1. The quantitative estimate of drug-likeness (QED) is 0.422. The normalized spacial score (nSPS) is 13.4. The van der Waals surface area contributed by atoms with Crippen molar-refractivity contribution in [3.63, 3.8) is 0 Å². The molecule has 0 fully saturated rings. The number of esters is 2. The Morgan fingerprint density at radius 2 is 1.90 bits per heavy atom. The molecule has 0 saturated heterocycles. The molecule has 7 nitrogen and oxygen atoms in total. The highest BCUT2D eigenvalue weighted by Gasteiger charge is 2.51. The average Bonchev–Trinajstić information content (AvgIpc) is 2.26. The van der Waals surface area contributed by atoms with E-state index in [0.717, 1.165) is 0 Å². The lowest BCUT2D eigenvalue weighted by atomic mass is 10.3. The van der Waals surface area contributed by atoms with Crippen LogP contribution in [0.15, 0.2) is 12.2 Å². The second-order valence-electron chi connectivity index (χ2n) is 3.84. The molecule has 10 heteroatoms. The molecule has 0 bridgehead atoms. The Bertz CT molecular complexity index is 498. The van der Waals surface area contributed by atoms with Crippen LogP contribution in [-0.4, -0.2) is 42.9 Å². The molecule has 0 radical (unpaired) electrons. The molecule has 0 rings (SSSR count). The number of halogens is 2. The van der Waals surface area contributed by atoms with Gasteiger partial charge in [0.1, 0.15) is 6.61 Å². The van der Waals surface area contributed by atoms with Crippen LogP contribution in [0.2, 0.25) is 0 Å². The smallest absolute Gasteiger partial charge is 0.405 e. The molecule has 116 valence electrons. The molecule has 0 aromatic rings. The van der Waals surface area contributed by atoms with Crippen molar-refractivity contribution >= 4 is 22.1 Å². The average molecular weight is 316 g/mol.